The zero-order valence-corrected chi connectivity index (χ0v) is 12.3. The van der Waals surface area contributed by atoms with Crippen LogP contribution in [0.4, 0.5) is 0 Å². The highest BCUT2D eigenvalue weighted by Gasteiger charge is 2.23. The van der Waals surface area contributed by atoms with Crippen molar-refractivity contribution in [3.63, 3.8) is 0 Å². The lowest BCUT2D eigenvalue weighted by atomic mass is 9.98. The van der Waals surface area contributed by atoms with Gasteiger partial charge in [-0.15, -0.1) is 0 Å². The molecule has 0 aliphatic carbocycles. The molecule has 0 heterocycles. The fourth-order valence-corrected chi connectivity index (χ4v) is 2.49. The Morgan fingerprint density at radius 1 is 1.22 bits per heavy atom. The Morgan fingerprint density at radius 2 is 1.94 bits per heavy atom. The van der Waals surface area contributed by atoms with Crippen molar-refractivity contribution >= 4 is 11.6 Å². The number of hydrogen-bond donors (Lipinski definition) is 1. The standard InChI is InChI=1S/C15H24ClNO/c1-4-9-14(18-6-3)15(17-5-2)12-10-7-8-11-13(12)16/h7-8,10-11,14-15,17H,4-6,9H2,1-3H3. The number of rotatable bonds is 8. The Kier molecular flexibility index (Phi) is 7.33. The summed E-state index contributed by atoms with van der Waals surface area (Å²) in [4.78, 5) is 0. The molecule has 1 N–H and O–H groups in total. The number of benzene rings is 1. The van der Waals surface area contributed by atoms with Crippen LogP contribution in [0.2, 0.25) is 5.02 Å². The molecule has 0 aliphatic rings. The molecule has 102 valence electrons. The molecule has 18 heavy (non-hydrogen) atoms. The average Bonchev–Trinajstić information content (AvgIpc) is 2.37. The van der Waals surface area contributed by atoms with Crippen LogP contribution in [-0.2, 0) is 4.74 Å². The first-order chi connectivity index (χ1) is 8.74. The largest absolute Gasteiger partial charge is 0.377 e. The minimum atomic E-state index is 0.170. The smallest absolute Gasteiger partial charge is 0.0770 e. The highest BCUT2D eigenvalue weighted by atomic mass is 35.5. The zero-order valence-electron chi connectivity index (χ0n) is 11.6. The normalized spacial score (nSPS) is 14.4. The Bertz CT molecular complexity index is 337. The summed E-state index contributed by atoms with van der Waals surface area (Å²) >= 11 is 6.30. The molecular formula is C15H24ClNO. The number of nitrogens with one attached hydrogen (secondary N) is 1. The minimum Gasteiger partial charge on any atom is -0.377 e. The summed E-state index contributed by atoms with van der Waals surface area (Å²) in [6, 6.07) is 8.18. The van der Waals surface area contributed by atoms with Crippen LogP contribution < -0.4 is 5.32 Å². The summed E-state index contributed by atoms with van der Waals surface area (Å²) in [5.41, 5.74) is 1.13. The molecule has 0 radical (unpaired) electrons. The Labute approximate surface area is 116 Å². The molecule has 2 nitrogen and oxygen atoms in total. The molecule has 0 aliphatic heterocycles. The van der Waals surface area contributed by atoms with Gasteiger partial charge in [-0.2, -0.15) is 0 Å². The number of halogens is 1. The molecule has 1 rings (SSSR count). The van der Waals surface area contributed by atoms with E-state index in [4.69, 9.17) is 16.3 Å². The summed E-state index contributed by atoms with van der Waals surface area (Å²) in [5.74, 6) is 0. The van der Waals surface area contributed by atoms with E-state index in [0.717, 1.165) is 36.6 Å². The molecule has 1 aromatic carbocycles. The summed E-state index contributed by atoms with van der Waals surface area (Å²) in [5, 5.41) is 4.31. The van der Waals surface area contributed by atoms with E-state index in [2.05, 4.69) is 25.2 Å². The van der Waals surface area contributed by atoms with Crippen LogP contribution in [0.1, 0.15) is 45.2 Å². The SMILES string of the molecule is CCCC(OCC)C(NCC)c1ccccc1Cl. The molecule has 2 atom stereocenters. The van der Waals surface area contributed by atoms with E-state index in [0.29, 0.717) is 0 Å². The third-order valence-electron chi connectivity index (χ3n) is 2.99. The van der Waals surface area contributed by atoms with Gasteiger partial charge in [-0.1, -0.05) is 50.1 Å². The Balaban J connectivity index is 2.95. The third kappa shape index (κ3) is 4.27. The summed E-state index contributed by atoms with van der Waals surface area (Å²) in [6.45, 7) is 7.97. The van der Waals surface area contributed by atoms with Crippen LogP contribution in [0.3, 0.4) is 0 Å². The third-order valence-corrected chi connectivity index (χ3v) is 3.33. The van der Waals surface area contributed by atoms with Crippen LogP contribution in [0.5, 0.6) is 0 Å². The molecule has 0 spiro atoms. The second-order valence-electron chi connectivity index (χ2n) is 4.34. The van der Waals surface area contributed by atoms with E-state index in [-0.39, 0.29) is 12.1 Å². The van der Waals surface area contributed by atoms with Crippen LogP contribution in [0.25, 0.3) is 0 Å². The quantitative estimate of drug-likeness (QED) is 0.764. The fraction of sp³-hybridized carbons (Fsp3) is 0.600. The van der Waals surface area contributed by atoms with E-state index < -0.39 is 0 Å². The van der Waals surface area contributed by atoms with E-state index in [1.165, 1.54) is 0 Å². The van der Waals surface area contributed by atoms with Crippen molar-refractivity contribution in [1.82, 2.24) is 5.32 Å². The first-order valence-electron chi connectivity index (χ1n) is 6.83. The Morgan fingerprint density at radius 3 is 2.50 bits per heavy atom. The summed E-state index contributed by atoms with van der Waals surface area (Å²) in [7, 11) is 0. The van der Waals surface area contributed by atoms with Gasteiger partial charge in [-0.05, 0) is 31.5 Å². The van der Waals surface area contributed by atoms with Crippen LogP contribution in [-0.4, -0.2) is 19.3 Å². The van der Waals surface area contributed by atoms with Gasteiger partial charge < -0.3 is 10.1 Å². The van der Waals surface area contributed by atoms with Crippen LogP contribution in [0, 0.1) is 0 Å². The lowest BCUT2D eigenvalue weighted by molar-refractivity contribution is 0.0280. The topological polar surface area (TPSA) is 21.3 Å². The molecule has 0 aromatic heterocycles. The van der Waals surface area contributed by atoms with Gasteiger partial charge in [0.05, 0.1) is 12.1 Å². The molecule has 2 unspecified atom stereocenters. The molecule has 0 amide bonds. The van der Waals surface area contributed by atoms with Gasteiger partial charge in [0.1, 0.15) is 0 Å². The molecule has 0 saturated heterocycles. The van der Waals surface area contributed by atoms with Gasteiger partial charge in [0.15, 0.2) is 0 Å². The van der Waals surface area contributed by atoms with Crippen molar-refractivity contribution in [2.75, 3.05) is 13.2 Å². The van der Waals surface area contributed by atoms with Gasteiger partial charge in [0, 0.05) is 11.6 Å². The molecule has 3 heteroatoms. The van der Waals surface area contributed by atoms with E-state index >= 15 is 0 Å². The maximum absolute atomic E-state index is 6.30. The predicted octanol–water partition coefficient (Wildman–Crippen LogP) is 4.20. The van der Waals surface area contributed by atoms with Crippen molar-refractivity contribution in [3.05, 3.63) is 34.9 Å². The van der Waals surface area contributed by atoms with Gasteiger partial charge in [-0.25, -0.2) is 0 Å². The lowest BCUT2D eigenvalue weighted by Crippen LogP contribution is -2.34. The molecule has 0 fully saturated rings. The number of likely N-dealkylation sites (N-methyl/N-ethyl adjacent to an activating group) is 1. The maximum Gasteiger partial charge on any atom is 0.0770 e. The first kappa shape index (κ1) is 15.5. The number of hydrogen-bond acceptors (Lipinski definition) is 2. The van der Waals surface area contributed by atoms with Gasteiger partial charge in [0.2, 0.25) is 0 Å². The maximum atomic E-state index is 6.30. The zero-order chi connectivity index (χ0) is 13.4. The van der Waals surface area contributed by atoms with Crippen molar-refractivity contribution < 1.29 is 4.74 Å². The van der Waals surface area contributed by atoms with E-state index in [9.17, 15) is 0 Å². The average molecular weight is 270 g/mol. The molecule has 0 bridgehead atoms. The summed E-state index contributed by atoms with van der Waals surface area (Å²) in [6.07, 6.45) is 2.33. The molecule has 1 aromatic rings. The predicted molar refractivity (Wildman–Crippen MR) is 78.2 cm³/mol. The van der Waals surface area contributed by atoms with E-state index in [1.54, 1.807) is 0 Å². The van der Waals surface area contributed by atoms with Crippen molar-refractivity contribution in [2.24, 2.45) is 0 Å². The van der Waals surface area contributed by atoms with Gasteiger partial charge in [-0.3, -0.25) is 0 Å². The monoisotopic (exact) mass is 269 g/mol. The Hall–Kier alpha value is -0.570. The highest BCUT2D eigenvalue weighted by Crippen LogP contribution is 2.28. The second kappa shape index (κ2) is 8.52. The van der Waals surface area contributed by atoms with Crippen molar-refractivity contribution in [2.45, 2.75) is 45.8 Å². The highest BCUT2D eigenvalue weighted by molar-refractivity contribution is 6.31. The minimum absolute atomic E-state index is 0.170. The van der Waals surface area contributed by atoms with Crippen molar-refractivity contribution in [3.8, 4) is 0 Å². The van der Waals surface area contributed by atoms with Crippen LogP contribution >= 0.6 is 11.6 Å². The lowest BCUT2D eigenvalue weighted by Gasteiger charge is -2.28. The van der Waals surface area contributed by atoms with Crippen LogP contribution in [0.15, 0.2) is 24.3 Å². The van der Waals surface area contributed by atoms with E-state index in [1.807, 2.05) is 25.1 Å². The molecular weight excluding hydrogens is 246 g/mol. The molecule has 0 saturated carbocycles. The number of ether oxygens (including phenoxy) is 1. The fourth-order valence-electron chi connectivity index (χ4n) is 2.23. The van der Waals surface area contributed by atoms with Gasteiger partial charge in [0.25, 0.3) is 0 Å². The second-order valence-corrected chi connectivity index (χ2v) is 4.75. The first-order valence-corrected chi connectivity index (χ1v) is 7.21. The summed E-state index contributed by atoms with van der Waals surface area (Å²) < 4.78 is 5.89. The van der Waals surface area contributed by atoms with Crippen molar-refractivity contribution in [1.29, 1.82) is 0 Å². The van der Waals surface area contributed by atoms with Gasteiger partial charge >= 0.3 is 0 Å².